The Bertz CT molecular complexity index is 448. The summed E-state index contributed by atoms with van der Waals surface area (Å²) in [5, 5.41) is 9.20. The third-order valence-electron chi connectivity index (χ3n) is 2.98. The quantitative estimate of drug-likeness (QED) is 0.735. The molecule has 1 N–H and O–H groups in total. The van der Waals surface area contributed by atoms with E-state index in [9.17, 15) is 9.90 Å². The van der Waals surface area contributed by atoms with Gasteiger partial charge in [0, 0.05) is 20.5 Å². The second kappa shape index (κ2) is 8.36. The third-order valence-corrected chi connectivity index (χ3v) is 2.98. The highest BCUT2D eigenvalue weighted by atomic mass is 16.5. The van der Waals surface area contributed by atoms with Gasteiger partial charge in [0.15, 0.2) is 11.5 Å². The largest absolute Gasteiger partial charge is 0.493 e. The first-order chi connectivity index (χ1) is 10.0. The van der Waals surface area contributed by atoms with Gasteiger partial charge in [-0.05, 0) is 24.1 Å². The molecule has 1 amide bonds. The first-order valence-corrected chi connectivity index (χ1v) is 6.72. The zero-order valence-corrected chi connectivity index (χ0v) is 13.0. The van der Waals surface area contributed by atoms with Crippen LogP contribution in [0, 0.1) is 0 Å². The molecule has 6 heteroatoms. The smallest absolute Gasteiger partial charge is 0.222 e. The lowest BCUT2D eigenvalue weighted by Crippen LogP contribution is -2.21. The number of carbonyl (C=O) groups is 1. The van der Waals surface area contributed by atoms with E-state index in [2.05, 4.69) is 0 Å². The Hall–Kier alpha value is -1.95. The molecule has 0 spiro atoms. The lowest BCUT2D eigenvalue weighted by Gasteiger charge is -2.16. The molecule has 0 aliphatic heterocycles. The van der Waals surface area contributed by atoms with E-state index in [4.69, 9.17) is 14.2 Å². The fraction of sp³-hybridized carbons (Fsp3) is 0.533. The van der Waals surface area contributed by atoms with E-state index in [0.29, 0.717) is 42.3 Å². The zero-order valence-electron chi connectivity index (χ0n) is 13.0. The van der Waals surface area contributed by atoms with Crippen molar-refractivity contribution >= 4 is 5.91 Å². The van der Waals surface area contributed by atoms with Crippen LogP contribution in [0.1, 0.15) is 18.4 Å². The number of hydrogen-bond acceptors (Lipinski definition) is 5. The molecule has 0 unspecified atom stereocenters. The van der Waals surface area contributed by atoms with Crippen LogP contribution in [0.5, 0.6) is 17.2 Å². The summed E-state index contributed by atoms with van der Waals surface area (Å²) in [7, 11) is 6.50. The van der Waals surface area contributed by atoms with Gasteiger partial charge in [-0.25, -0.2) is 0 Å². The van der Waals surface area contributed by atoms with Gasteiger partial charge in [0.05, 0.1) is 27.4 Å². The van der Waals surface area contributed by atoms with Gasteiger partial charge in [-0.1, -0.05) is 0 Å². The molecular formula is C15H23NO5. The third kappa shape index (κ3) is 4.82. The summed E-state index contributed by atoms with van der Waals surface area (Å²) in [5.41, 5.74) is 0.679. The maximum atomic E-state index is 11.5. The monoisotopic (exact) mass is 297 g/mol. The number of benzene rings is 1. The van der Waals surface area contributed by atoms with E-state index in [1.807, 2.05) is 0 Å². The van der Waals surface area contributed by atoms with E-state index >= 15 is 0 Å². The molecule has 1 aromatic rings. The van der Waals surface area contributed by atoms with Crippen molar-refractivity contribution in [3.8, 4) is 17.2 Å². The number of ether oxygens (including phenoxy) is 3. The second-order valence-corrected chi connectivity index (χ2v) is 4.73. The Kier molecular flexibility index (Phi) is 6.81. The molecule has 0 aromatic heterocycles. The van der Waals surface area contributed by atoms with Gasteiger partial charge in [0.2, 0.25) is 11.7 Å². The molecule has 0 saturated carbocycles. The molecule has 6 nitrogen and oxygen atoms in total. The minimum absolute atomic E-state index is 0.0631. The van der Waals surface area contributed by atoms with Gasteiger partial charge in [-0.2, -0.15) is 0 Å². The van der Waals surface area contributed by atoms with Crippen molar-refractivity contribution in [3.05, 3.63) is 17.7 Å². The van der Waals surface area contributed by atoms with Crippen LogP contribution in [0.2, 0.25) is 0 Å². The minimum Gasteiger partial charge on any atom is -0.493 e. The normalized spacial score (nSPS) is 10.1. The number of hydrogen-bond donors (Lipinski definition) is 1. The lowest BCUT2D eigenvalue weighted by atomic mass is 10.2. The molecule has 0 atom stereocenters. The standard InChI is InChI=1S/C15H23NO5/c1-16(2)14(18)6-5-7-21-15-12(19-3)8-11(10-17)9-13(15)20-4/h8-9,17H,5-7,10H2,1-4H3. The number of aliphatic hydroxyl groups is 1. The first kappa shape index (κ1) is 17.1. The Morgan fingerprint density at radius 2 is 1.76 bits per heavy atom. The van der Waals surface area contributed by atoms with Crippen molar-refractivity contribution in [2.24, 2.45) is 0 Å². The number of amides is 1. The summed E-state index contributed by atoms with van der Waals surface area (Å²) < 4.78 is 16.2. The zero-order chi connectivity index (χ0) is 15.8. The molecule has 0 saturated heterocycles. The minimum atomic E-state index is -0.107. The molecule has 0 aliphatic carbocycles. The van der Waals surface area contributed by atoms with Crippen LogP contribution in [-0.2, 0) is 11.4 Å². The fourth-order valence-corrected chi connectivity index (χ4v) is 1.79. The Morgan fingerprint density at radius 1 is 1.19 bits per heavy atom. The van der Waals surface area contributed by atoms with Crippen molar-refractivity contribution in [3.63, 3.8) is 0 Å². The summed E-state index contributed by atoms with van der Waals surface area (Å²) in [4.78, 5) is 13.0. The topological polar surface area (TPSA) is 68.2 Å². The van der Waals surface area contributed by atoms with Crippen LogP contribution in [0.15, 0.2) is 12.1 Å². The number of aliphatic hydroxyl groups excluding tert-OH is 1. The van der Waals surface area contributed by atoms with Gasteiger partial charge in [-0.15, -0.1) is 0 Å². The summed E-state index contributed by atoms with van der Waals surface area (Å²) >= 11 is 0. The van der Waals surface area contributed by atoms with Gasteiger partial charge < -0.3 is 24.2 Å². The average molecular weight is 297 g/mol. The summed E-state index contributed by atoms with van der Waals surface area (Å²) in [6.45, 7) is 0.273. The maximum Gasteiger partial charge on any atom is 0.222 e. The molecule has 0 radical (unpaired) electrons. The first-order valence-electron chi connectivity index (χ1n) is 6.72. The molecule has 0 bridgehead atoms. The lowest BCUT2D eigenvalue weighted by molar-refractivity contribution is -0.128. The van der Waals surface area contributed by atoms with E-state index in [1.54, 1.807) is 31.1 Å². The number of methoxy groups -OCH3 is 2. The van der Waals surface area contributed by atoms with Crippen molar-refractivity contribution in [2.45, 2.75) is 19.4 Å². The predicted octanol–water partition coefficient (Wildman–Crippen LogP) is 1.44. The SMILES string of the molecule is COc1cc(CO)cc(OC)c1OCCCC(=O)N(C)C. The Morgan fingerprint density at radius 3 is 2.19 bits per heavy atom. The fourth-order valence-electron chi connectivity index (χ4n) is 1.79. The van der Waals surface area contributed by atoms with Crippen LogP contribution in [0.4, 0.5) is 0 Å². The molecule has 0 heterocycles. The molecule has 1 aromatic carbocycles. The van der Waals surface area contributed by atoms with E-state index < -0.39 is 0 Å². The summed E-state index contributed by atoms with van der Waals surface area (Å²) in [5.74, 6) is 1.54. The van der Waals surface area contributed by atoms with Gasteiger partial charge in [0.25, 0.3) is 0 Å². The second-order valence-electron chi connectivity index (χ2n) is 4.73. The van der Waals surface area contributed by atoms with E-state index in [1.165, 1.54) is 14.2 Å². The number of rotatable bonds is 8. The van der Waals surface area contributed by atoms with E-state index in [0.717, 1.165) is 0 Å². The van der Waals surface area contributed by atoms with E-state index in [-0.39, 0.29) is 12.5 Å². The van der Waals surface area contributed by atoms with Crippen LogP contribution in [0.3, 0.4) is 0 Å². The van der Waals surface area contributed by atoms with Crippen LogP contribution < -0.4 is 14.2 Å². The highest BCUT2D eigenvalue weighted by Gasteiger charge is 2.14. The van der Waals surface area contributed by atoms with Crippen LogP contribution in [0.25, 0.3) is 0 Å². The molecular weight excluding hydrogens is 274 g/mol. The number of nitrogens with zero attached hydrogens (tertiary/aromatic N) is 1. The molecule has 118 valence electrons. The van der Waals surface area contributed by atoms with Crippen molar-refractivity contribution in [1.82, 2.24) is 4.90 Å². The van der Waals surface area contributed by atoms with Gasteiger partial charge in [0.1, 0.15) is 0 Å². The highest BCUT2D eigenvalue weighted by Crippen LogP contribution is 2.38. The Balaban J connectivity index is 2.71. The van der Waals surface area contributed by atoms with Crippen molar-refractivity contribution in [1.29, 1.82) is 0 Å². The van der Waals surface area contributed by atoms with Crippen molar-refractivity contribution < 1.29 is 24.1 Å². The Labute approximate surface area is 125 Å². The summed E-state index contributed by atoms with van der Waals surface area (Å²) in [6, 6.07) is 3.39. The van der Waals surface area contributed by atoms with Crippen LogP contribution >= 0.6 is 0 Å². The molecule has 0 fully saturated rings. The van der Waals surface area contributed by atoms with Gasteiger partial charge in [-0.3, -0.25) is 4.79 Å². The highest BCUT2D eigenvalue weighted by molar-refractivity contribution is 5.75. The molecule has 0 aliphatic rings. The van der Waals surface area contributed by atoms with Crippen molar-refractivity contribution in [2.75, 3.05) is 34.9 Å². The van der Waals surface area contributed by atoms with Crippen LogP contribution in [-0.4, -0.2) is 50.8 Å². The summed E-state index contributed by atoms with van der Waals surface area (Å²) in [6.07, 6.45) is 1.03. The maximum absolute atomic E-state index is 11.5. The molecule has 21 heavy (non-hydrogen) atoms. The average Bonchev–Trinajstić information content (AvgIpc) is 2.50. The van der Waals surface area contributed by atoms with Gasteiger partial charge >= 0.3 is 0 Å². The number of carbonyl (C=O) groups excluding carboxylic acids is 1. The molecule has 1 rings (SSSR count). The predicted molar refractivity (Wildman–Crippen MR) is 78.9 cm³/mol.